The average molecular weight is 167 g/mol. The summed E-state index contributed by atoms with van der Waals surface area (Å²) in [6, 6.07) is 1.69. The van der Waals surface area contributed by atoms with Gasteiger partial charge in [-0.25, -0.2) is 0 Å². The molecule has 0 aliphatic rings. The zero-order valence-corrected chi connectivity index (χ0v) is 7.14. The second kappa shape index (κ2) is 4.77. The summed E-state index contributed by atoms with van der Waals surface area (Å²) in [5.41, 5.74) is 0.610. The van der Waals surface area contributed by atoms with E-state index in [1.165, 1.54) is 6.20 Å². The van der Waals surface area contributed by atoms with Crippen molar-refractivity contribution >= 4 is 0 Å². The molecule has 0 aliphatic carbocycles. The van der Waals surface area contributed by atoms with Gasteiger partial charge in [-0.3, -0.25) is 0 Å². The highest BCUT2D eigenvalue weighted by Crippen LogP contribution is 2.14. The molecule has 4 nitrogen and oxygen atoms in total. The van der Waals surface area contributed by atoms with Crippen molar-refractivity contribution < 1.29 is 5.11 Å². The summed E-state index contributed by atoms with van der Waals surface area (Å²) in [7, 11) is 0. The molecule has 0 radical (unpaired) electrons. The molecule has 1 unspecified atom stereocenters. The quantitative estimate of drug-likeness (QED) is 0.729. The van der Waals surface area contributed by atoms with Gasteiger partial charge in [0.1, 0.15) is 0 Å². The van der Waals surface area contributed by atoms with Crippen molar-refractivity contribution in [2.45, 2.75) is 32.3 Å². The number of aliphatic hydroxyl groups is 1. The van der Waals surface area contributed by atoms with Crippen LogP contribution in [0.4, 0.5) is 0 Å². The first-order valence-corrected chi connectivity index (χ1v) is 4.17. The molecule has 4 heteroatoms. The molecule has 1 aromatic heterocycles. The predicted molar refractivity (Wildman–Crippen MR) is 44.3 cm³/mol. The van der Waals surface area contributed by atoms with E-state index in [-0.39, 0.29) is 0 Å². The molecule has 0 aliphatic heterocycles. The van der Waals surface area contributed by atoms with Crippen molar-refractivity contribution in [3.63, 3.8) is 0 Å². The average Bonchev–Trinajstić information content (AvgIpc) is 2.15. The van der Waals surface area contributed by atoms with Crippen molar-refractivity contribution in [2.24, 2.45) is 0 Å². The molecule has 0 bridgehead atoms. The molecule has 0 aromatic carbocycles. The van der Waals surface area contributed by atoms with E-state index in [0.29, 0.717) is 5.69 Å². The summed E-state index contributed by atoms with van der Waals surface area (Å²) in [5.74, 6) is 0. The Bertz CT molecular complexity index is 215. The minimum Gasteiger partial charge on any atom is -0.387 e. The van der Waals surface area contributed by atoms with Crippen LogP contribution >= 0.6 is 0 Å². The Morgan fingerprint density at radius 3 is 3.00 bits per heavy atom. The van der Waals surface area contributed by atoms with Crippen LogP contribution in [0, 0.1) is 0 Å². The lowest BCUT2D eigenvalue weighted by molar-refractivity contribution is 0.158. The van der Waals surface area contributed by atoms with E-state index in [4.69, 9.17) is 0 Å². The van der Waals surface area contributed by atoms with E-state index in [0.717, 1.165) is 19.3 Å². The zero-order valence-electron chi connectivity index (χ0n) is 7.14. The van der Waals surface area contributed by atoms with Gasteiger partial charge < -0.3 is 5.11 Å². The van der Waals surface area contributed by atoms with E-state index >= 15 is 0 Å². The van der Waals surface area contributed by atoms with Gasteiger partial charge in [0.2, 0.25) is 0 Å². The lowest BCUT2D eigenvalue weighted by Gasteiger charge is -2.06. The summed E-state index contributed by atoms with van der Waals surface area (Å²) in [6.45, 7) is 2.09. The lowest BCUT2D eigenvalue weighted by atomic mass is 10.1. The van der Waals surface area contributed by atoms with Crippen LogP contribution in [0.15, 0.2) is 12.3 Å². The third-order valence-electron chi connectivity index (χ3n) is 1.70. The first-order chi connectivity index (χ1) is 5.84. The van der Waals surface area contributed by atoms with Crippen molar-refractivity contribution in [3.05, 3.63) is 18.0 Å². The third kappa shape index (κ3) is 2.54. The fourth-order valence-corrected chi connectivity index (χ4v) is 0.973. The van der Waals surface area contributed by atoms with Crippen molar-refractivity contribution in [1.29, 1.82) is 0 Å². The molecular weight excluding hydrogens is 154 g/mol. The number of aromatic nitrogens is 3. The number of nitrogens with zero attached hydrogens (tertiary/aromatic N) is 3. The molecule has 0 saturated heterocycles. The zero-order chi connectivity index (χ0) is 8.81. The molecule has 1 heterocycles. The molecule has 1 rings (SSSR count). The van der Waals surface area contributed by atoms with Crippen LogP contribution in [-0.2, 0) is 0 Å². The molecule has 0 fully saturated rings. The Morgan fingerprint density at radius 2 is 2.42 bits per heavy atom. The van der Waals surface area contributed by atoms with Gasteiger partial charge in [-0.15, -0.1) is 10.2 Å². The minimum absolute atomic E-state index is 0.486. The molecule has 0 saturated carbocycles. The van der Waals surface area contributed by atoms with Crippen LogP contribution in [0.2, 0.25) is 0 Å². The summed E-state index contributed by atoms with van der Waals surface area (Å²) >= 11 is 0. The van der Waals surface area contributed by atoms with E-state index in [9.17, 15) is 5.11 Å². The van der Waals surface area contributed by atoms with Gasteiger partial charge in [0.05, 0.1) is 18.0 Å². The van der Waals surface area contributed by atoms with Gasteiger partial charge in [-0.1, -0.05) is 19.8 Å². The van der Waals surface area contributed by atoms with Crippen LogP contribution in [0.1, 0.15) is 38.0 Å². The maximum Gasteiger partial charge on any atom is 0.0979 e. The van der Waals surface area contributed by atoms with Gasteiger partial charge in [0.15, 0.2) is 0 Å². The van der Waals surface area contributed by atoms with E-state index < -0.39 is 6.10 Å². The summed E-state index contributed by atoms with van der Waals surface area (Å²) < 4.78 is 0. The van der Waals surface area contributed by atoms with E-state index in [1.807, 2.05) is 0 Å². The number of hydrogen-bond acceptors (Lipinski definition) is 4. The highest BCUT2D eigenvalue weighted by molar-refractivity contribution is 4.99. The number of unbranched alkanes of at least 4 members (excludes halogenated alkanes) is 1. The van der Waals surface area contributed by atoms with Crippen LogP contribution < -0.4 is 0 Å². The Balaban J connectivity index is 2.48. The number of aliphatic hydroxyl groups excluding tert-OH is 1. The van der Waals surface area contributed by atoms with E-state index in [1.54, 1.807) is 6.07 Å². The first-order valence-electron chi connectivity index (χ1n) is 4.17. The molecule has 66 valence electrons. The molecule has 0 amide bonds. The molecule has 12 heavy (non-hydrogen) atoms. The van der Waals surface area contributed by atoms with Gasteiger partial charge in [0, 0.05) is 0 Å². The largest absolute Gasteiger partial charge is 0.387 e. The summed E-state index contributed by atoms with van der Waals surface area (Å²) in [4.78, 5) is 0. The molecule has 1 N–H and O–H groups in total. The third-order valence-corrected chi connectivity index (χ3v) is 1.70. The van der Waals surface area contributed by atoms with Crippen LogP contribution in [0.3, 0.4) is 0 Å². The fourth-order valence-electron chi connectivity index (χ4n) is 0.973. The Hall–Kier alpha value is -1.03. The smallest absolute Gasteiger partial charge is 0.0979 e. The van der Waals surface area contributed by atoms with Crippen LogP contribution in [-0.4, -0.2) is 20.5 Å². The minimum atomic E-state index is -0.486. The molecular formula is C8H13N3O. The standard InChI is InChI=1S/C8H13N3O/c1-2-3-4-8(12)7-5-6-9-11-10-7/h5-6,8,12H,2-4H2,1H3. The predicted octanol–water partition coefficient (Wildman–Crippen LogP) is 1.10. The monoisotopic (exact) mass is 167 g/mol. The van der Waals surface area contributed by atoms with Crippen molar-refractivity contribution in [2.75, 3.05) is 0 Å². The SMILES string of the molecule is CCCCC(O)c1ccnnn1. The molecule has 1 aromatic rings. The highest BCUT2D eigenvalue weighted by Gasteiger charge is 2.07. The van der Waals surface area contributed by atoms with Gasteiger partial charge in [-0.2, -0.15) is 0 Å². The first kappa shape index (κ1) is 9.06. The van der Waals surface area contributed by atoms with Crippen molar-refractivity contribution in [1.82, 2.24) is 15.4 Å². The molecule has 1 atom stereocenters. The Morgan fingerprint density at radius 1 is 1.58 bits per heavy atom. The van der Waals surface area contributed by atoms with Crippen molar-refractivity contribution in [3.8, 4) is 0 Å². The topological polar surface area (TPSA) is 58.9 Å². The van der Waals surface area contributed by atoms with Crippen LogP contribution in [0.5, 0.6) is 0 Å². The van der Waals surface area contributed by atoms with Gasteiger partial charge in [0.25, 0.3) is 0 Å². The number of hydrogen-bond donors (Lipinski definition) is 1. The highest BCUT2D eigenvalue weighted by atomic mass is 16.3. The van der Waals surface area contributed by atoms with Crippen LogP contribution in [0.25, 0.3) is 0 Å². The molecule has 0 spiro atoms. The van der Waals surface area contributed by atoms with Gasteiger partial charge in [-0.05, 0) is 17.7 Å². The van der Waals surface area contributed by atoms with Gasteiger partial charge >= 0.3 is 0 Å². The second-order valence-corrected chi connectivity index (χ2v) is 2.70. The Kier molecular flexibility index (Phi) is 3.60. The maximum absolute atomic E-state index is 9.52. The second-order valence-electron chi connectivity index (χ2n) is 2.70. The normalized spacial score (nSPS) is 12.8. The Labute approximate surface area is 71.6 Å². The van der Waals surface area contributed by atoms with E-state index in [2.05, 4.69) is 22.3 Å². The maximum atomic E-state index is 9.52. The lowest BCUT2D eigenvalue weighted by Crippen LogP contribution is -2.02. The summed E-state index contributed by atoms with van der Waals surface area (Å²) in [6.07, 6.45) is 3.88. The number of rotatable bonds is 4. The summed E-state index contributed by atoms with van der Waals surface area (Å²) in [5, 5.41) is 20.2. The fraction of sp³-hybridized carbons (Fsp3) is 0.625.